The number of hydrogen-bond donors (Lipinski definition) is 0. The highest BCUT2D eigenvalue weighted by Crippen LogP contribution is 2.48. The minimum absolute atomic E-state index is 0.00355. The van der Waals surface area contributed by atoms with E-state index in [-0.39, 0.29) is 40.3 Å². The molecule has 0 radical (unpaired) electrons. The number of nitrogens with zero attached hydrogens (tertiary/aromatic N) is 2. The highest BCUT2D eigenvalue weighted by atomic mass is 35.5. The number of pyridine rings is 1. The van der Waals surface area contributed by atoms with Crippen molar-refractivity contribution in [3.8, 4) is 0 Å². The molecule has 1 fully saturated rings. The van der Waals surface area contributed by atoms with Gasteiger partial charge in [-0.2, -0.15) is 0 Å². The number of fused-ring (bicyclic) bond motifs is 1. The molecule has 0 N–H and O–H groups in total. The van der Waals surface area contributed by atoms with Crippen LogP contribution in [-0.4, -0.2) is 28.2 Å². The molecule has 3 aliphatic rings. The molecule has 0 spiro atoms. The summed E-state index contributed by atoms with van der Waals surface area (Å²) in [6.07, 6.45) is 3.42. The number of hydrogen-bond acceptors (Lipinski definition) is 4. The summed E-state index contributed by atoms with van der Waals surface area (Å²) >= 11 is 6.40. The van der Waals surface area contributed by atoms with Crippen LogP contribution in [-0.2, 0) is 19.7 Å². The summed E-state index contributed by atoms with van der Waals surface area (Å²) in [5.41, 5.74) is 2.50. The van der Waals surface area contributed by atoms with Crippen LogP contribution in [0, 0.1) is 5.92 Å². The summed E-state index contributed by atoms with van der Waals surface area (Å²) < 4.78 is 6.21. The Balaban J connectivity index is 1.62. The van der Waals surface area contributed by atoms with Crippen molar-refractivity contribution in [2.24, 2.45) is 5.92 Å². The van der Waals surface area contributed by atoms with Crippen LogP contribution in [0.1, 0.15) is 57.2 Å². The maximum atomic E-state index is 13.7. The predicted octanol–water partition coefficient (Wildman–Crippen LogP) is 5.10. The second-order valence-corrected chi connectivity index (χ2v) is 10.5. The molecule has 3 heterocycles. The predicted molar refractivity (Wildman–Crippen MR) is 123 cm³/mol. The van der Waals surface area contributed by atoms with Crippen molar-refractivity contribution in [2.45, 2.75) is 63.0 Å². The minimum atomic E-state index is -0.564. The van der Waals surface area contributed by atoms with Crippen molar-refractivity contribution in [3.05, 3.63) is 71.1 Å². The van der Waals surface area contributed by atoms with Crippen LogP contribution in [0.25, 0.3) is 0 Å². The van der Waals surface area contributed by atoms with E-state index >= 15 is 0 Å². The zero-order valence-corrected chi connectivity index (χ0v) is 19.3. The van der Waals surface area contributed by atoms with Crippen LogP contribution in [0.15, 0.2) is 60.0 Å². The highest BCUT2D eigenvalue weighted by Gasteiger charge is 2.53. The van der Waals surface area contributed by atoms with E-state index in [1.54, 1.807) is 23.2 Å². The number of benzene rings is 1. The number of alkyl halides is 1. The Kier molecular flexibility index (Phi) is 5.12. The molecule has 6 heteroatoms. The summed E-state index contributed by atoms with van der Waals surface area (Å²) in [5, 5.41) is -0.0422. The number of Topliss-reactive ketones (excluding diaryl/α,β-unsaturated/α-hetero) is 1. The number of ketones is 1. The summed E-state index contributed by atoms with van der Waals surface area (Å²) in [5.74, 6) is 0.0608. The first-order valence-electron chi connectivity index (χ1n) is 11.2. The molecular formula is C26H27ClN2O3. The average Bonchev–Trinajstić information content (AvgIpc) is 3.07. The molecule has 1 aliphatic carbocycles. The van der Waals surface area contributed by atoms with E-state index in [0.29, 0.717) is 24.2 Å². The third-order valence-electron chi connectivity index (χ3n) is 6.77. The van der Waals surface area contributed by atoms with Gasteiger partial charge in [0.1, 0.15) is 11.9 Å². The monoisotopic (exact) mass is 450 g/mol. The van der Waals surface area contributed by atoms with Gasteiger partial charge in [-0.25, -0.2) is 4.98 Å². The fourth-order valence-corrected chi connectivity index (χ4v) is 5.35. The summed E-state index contributed by atoms with van der Waals surface area (Å²) in [6, 6.07) is 13.0. The average molecular weight is 451 g/mol. The van der Waals surface area contributed by atoms with Crippen molar-refractivity contribution in [1.29, 1.82) is 0 Å². The molecule has 2 aromatic rings. The van der Waals surface area contributed by atoms with E-state index in [2.05, 4.69) is 37.9 Å². The van der Waals surface area contributed by atoms with Crippen LogP contribution in [0.2, 0.25) is 0 Å². The maximum Gasteiger partial charge on any atom is 0.295 e. The van der Waals surface area contributed by atoms with Gasteiger partial charge in [0.05, 0.1) is 17.5 Å². The van der Waals surface area contributed by atoms with Crippen molar-refractivity contribution in [3.63, 3.8) is 0 Å². The van der Waals surface area contributed by atoms with Crippen molar-refractivity contribution in [1.82, 2.24) is 4.98 Å². The minimum Gasteiger partial charge on any atom is -0.483 e. The molecule has 1 aromatic heterocycles. The normalized spacial score (nSPS) is 27.8. The number of ether oxygens (including phenoxy) is 1. The lowest BCUT2D eigenvalue weighted by molar-refractivity contribution is -0.131. The van der Waals surface area contributed by atoms with Gasteiger partial charge < -0.3 is 4.74 Å². The molecule has 4 atom stereocenters. The van der Waals surface area contributed by atoms with Crippen LogP contribution in [0.4, 0.5) is 5.82 Å². The molecule has 1 saturated carbocycles. The largest absolute Gasteiger partial charge is 0.483 e. The summed E-state index contributed by atoms with van der Waals surface area (Å²) in [6.45, 7) is 6.48. The number of carbonyl (C=O) groups excluding carboxylic acids is 2. The topological polar surface area (TPSA) is 59.5 Å². The van der Waals surface area contributed by atoms with Crippen LogP contribution in [0.3, 0.4) is 0 Å². The number of amides is 1. The van der Waals surface area contributed by atoms with Gasteiger partial charge in [0, 0.05) is 11.6 Å². The molecular weight excluding hydrogens is 424 g/mol. The van der Waals surface area contributed by atoms with E-state index < -0.39 is 6.04 Å². The molecule has 1 aromatic carbocycles. The van der Waals surface area contributed by atoms with Gasteiger partial charge >= 0.3 is 0 Å². The molecule has 0 bridgehead atoms. The van der Waals surface area contributed by atoms with Gasteiger partial charge in [0.25, 0.3) is 5.91 Å². The van der Waals surface area contributed by atoms with E-state index in [1.807, 2.05) is 18.2 Å². The standard InChI is InChI=1S/C26H27ClN2O3/c1-26(2,3)16-9-7-15(8-10-16)22-21-23(30)18-14-17(27)11-12-19(18)32-24(21)25(31)29(22)20-6-4-5-13-28-20/h4-10,13,17-19,22H,11-12,14H2,1-3H3. The SMILES string of the molecule is CC(C)(C)c1ccc(C2C3=C(OC4CCC(Cl)CC4C3=O)C(=O)N2c2ccccn2)cc1. The van der Waals surface area contributed by atoms with Gasteiger partial charge in [-0.05, 0) is 47.9 Å². The second-order valence-electron chi connectivity index (χ2n) is 9.92. The van der Waals surface area contributed by atoms with Crippen molar-refractivity contribution in [2.75, 3.05) is 4.90 Å². The first kappa shape index (κ1) is 21.2. The Morgan fingerprint density at radius 2 is 1.81 bits per heavy atom. The zero-order chi connectivity index (χ0) is 22.6. The van der Waals surface area contributed by atoms with Crippen LogP contribution >= 0.6 is 11.6 Å². The second kappa shape index (κ2) is 7.73. The van der Waals surface area contributed by atoms with Crippen molar-refractivity contribution >= 4 is 29.1 Å². The third-order valence-corrected chi connectivity index (χ3v) is 7.17. The number of aromatic nitrogens is 1. The quantitative estimate of drug-likeness (QED) is 0.597. The van der Waals surface area contributed by atoms with Crippen LogP contribution in [0.5, 0.6) is 0 Å². The van der Waals surface area contributed by atoms with Crippen LogP contribution < -0.4 is 4.90 Å². The Labute approximate surface area is 193 Å². The Hall–Kier alpha value is -2.66. The Bertz CT molecular complexity index is 1090. The molecule has 4 unspecified atom stereocenters. The number of halogens is 1. The van der Waals surface area contributed by atoms with Crippen molar-refractivity contribution < 1.29 is 14.3 Å². The first-order valence-corrected chi connectivity index (χ1v) is 11.6. The fraction of sp³-hybridized carbons (Fsp3) is 0.423. The Morgan fingerprint density at radius 1 is 1.06 bits per heavy atom. The van der Waals surface area contributed by atoms with E-state index in [0.717, 1.165) is 12.0 Å². The molecule has 0 saturated heterocycles. The number of carbonyl (C=O) groups is 2. The summed E-state index contributed by atoms with van der Waals surface area (Å²) in [4.78, 5) is 33.3. The van der Waals surface area contributed by atoms with Gasteiger partial charge in [-0.3, -0.25) is 14.5 Å². The zero-order valence-electron chi connectivity index (χ0n) is 18.5. The smallest absolute Gasteiger partial charge is 0.295 e. The van der Waals surface area contributed by atoms with Gasteiger partial charge in [0.2, 0.25) is 0 Å². The van der Waals surface area contributed by atoms with Gasteiger partial charge in [-0.15, -0.1) is 11.6 Å². The number of anilines is 1. The first-order chi connectivity index (χ1) is 15.3. The molecule has 5 nitrogen and oxygen atoms in total. The number of rotatable bonds is 2. The van der Waals surface area contributed by atoms with E-state index in [1.165, 1.54) is 5.56 Å². The fourth-order valence-electron chi connectivity index (χ4n) is 5.03. The lowest BCUT2D eigenvalue weighted by atomic mass is 9.77. The lowest BCUT2D eigenvalue weighted by Gasteiger charge is -2.37. The molecule has 32 heavy (non-hydrogen) atoms. The molecule has 5 rings (SSSR count). The summed E-state index contributed by atoms with van der Waals surface area (Å²) in [7, 11) is 0. The molecule has 1 amide bonds. The lowest BCUT2D eigenvalue weighted by Crippen LogP contribution is -2.41. The van der Waals surface area contributed by atoms with E-state index in [9.17, 15) is 9.59 Å². The highest BCUT2D eigenvalue weighted by molar-refractivity contribution is 6.21. The Morgan fingerprint density at radius 3 is 2.47 bits per heavy atom. The van der Waals surface area contributed by atoms with E-state index in [4.69, 9.17) is 16.3 Å². The van der Waals surface area contributed by atoms with Gasteiger partial charge in [0.15, 0.2) is 11.5 Å². The maximum absolute atomic E-state index is 13.7. The third kappa shape index (κ3) is 3.43. The van der Waals surface area contributed by atoms with Gasteiger partial charge in [-0.1, -0.05) is 51.1 Å². The molecule has 166 valence electrons. The molecule has 2 aliphatic heterocycles.